The van der Waals surface area contributed by atoms with E-state index in [9.17, 15) is 14.4 Å². The summed E-state index contributed by atoms with van der Waals surface area (Å²) >= 11 is 6.40. The van der Waals surface area contributed by atoms with E-state index in [1.807, 2.05) is 0 Å². The molecule has 0 spiro atoms. The number of halogens is 1. The first-order valence-corrected chi connectivity index (χ1v) is 9.91. The summed E-state index contributed by atoms with van der Waals surface area (Å²) in [6.07, 6.45) is 0. The van der Waals surface area contributed by atoms with Crippen molar-refractivity contribution in [1.29, 1.82) is 0 Å². The Balaban J connectivity index is 1.87. The minimum absolute atomic E-state index is 0.0106. The fraction of sp³-hybridized carbons (Fsp3) is 0.333. The molecule has 2 aromatic rings. The molecule has 33 heavy (non-hydrogen) atoms. The summed E-state index contributed by atoms with van der Waals surface area (Å²) in [5.41, 5.74) is 0.889. The zero-order valence-electron chi connectivity index (χ0n) is 18.3. The Morgan fingerprint density at radius 2 is 1.79 bits per heavy atom. The maximum atomic E-state index is 12.4. The molecule has 0 unspecified atom stereocenters. The van der Waals surface area contributed by atoms with Gasteiger partial charge in [0.05, 0.1) is 44.1 Å². The monoisotopic (exact) mass is 480 g/mol. The Hall–Kier alpha value is -3.57. The smallest absolute Gasteiger partial charge is 0.360 e. The zero-order valence-corrected chi connectivity index (χ0v) is 19.1. The van der Waals surface area contributed by atoms with E-state index in [4.69, 9.17) is 35.1 Å². The van der Waals surface area contributed by atoms with E-state index in [1.54, 1.807) is 19.1 Å². The van der Waals surface area contributed by atoms with Crippen molar-refractivity contribution >= 4 is 35.2 Å². The van der Waals surface area contributed by atoms with Gasteiger partial charge in [-0.2, -0.15) is 0 Å². The number of nitrogens with zero attached hydrogens (tertiary/aromatic N) is 2. The highest BCUT2D eigenvalue weighted by Gasteiger charge is 2.32. The number of hydrogen-bond acceptors (Lipinski definition) is 11. The van der Waals surface area contributed by atoms with E-state index in [2.05, 4.69) is 9.89 Å². The van der Waals surface area contributed by atoms with Gasteiger partial charge in [0, 0.05) is 5.69 Å². The van der Waals surface area contributed by atoms with Gasteiger partial charge in [0.15, 0.2) is 5.69 Å². The molecule has 176 valence electrons. The Morgan fingerprint density at radius 1 is 1.09 bits per heavy atom. The van der Waals surface area contributed by atoms with Gasteiger partial charge < -0.3 is 33.1 Å². The number of hydrogen-bond donors (Lipinski definition) is 0. The first kappa shape index (κ1) is 24.1. The van der Waals surface area contributed by atoms with Gasteiger partial charge in [0.25, 0.3) is 0 Å². The van der Waals surface area contributed by atoms with E-state index in [0.29, 0.717) is 22.8 Å². The molecule has 0 amide bonds. The summed E-state index contributed by atoms with van der Waals surface area (Å²) in [6.45, 7) is 1.46. The van der Waals surface area contributed by atoms with Crippen LogP contribution < -0.4 is 9.64 Å². The quantitative estimate of drug-likeness (QED) is 0.428. The van der Waals surface area contributed by atoms with Gasteiger partial charge in [-0.1, -0.05) is 16.8 Å². The van der Waals surface area contributed by atoms with Crippen molar-refractivity contribution in [3.63, 3.8) is 0 Å². The highest BCUT2D eigenvalue weighted by molar-refractivity contribution is 6.32. The zero-order chi connectivity index (χ0) is 24.1. The second kappa shape index (κ2) is 10.4. The standard InChI is InChI=1S/C21H21ClN2O9/c1-11-13(17(23-33-11)20(26)29-3)9-32-16-6-5-12(7-15(16)22)24-10-31-8-14(19(25)28-2)18(24)21(27)30-4/h5-7H,8-10H2,1-4H3. The molecule has 1 aromatic carbocycles. The number of ether oxygens (including phenoxy) is 5. The molecule has 2 heterocycles. The normalized spacial score (nSPS) is 13.5. The summed E-state index contributed by atoms with van der Waals surface area (Å²) in [7, 11) is 3.64. The lowest BCUT2D eigenvalue weighted by atomic mass is 10.1. The van der Waals surface area contributed by atoms with Crippen molar-refractivity contribution in [3.05, 3.63) is 51.5 Å². The van der Waals surface area contributed by atoms with Gasteiger partial charge in [0.2, 0.25) is 0 Å². The topological polar surface area (TPSA) is 127 Å². The largest absolute Gasteiger partial charge is 0.487 e. The average Bonchev–Trinajstić information content (AvgIpc) is 3.21. The van der Waals surface area contributed by atoms with Gasteiger partial charge in [-0.15, -0.1) is 0 Å². The van der Waals surface area contributed by atoms with Crippen LogP contribution in [0, 0.1) is 6.92 Å². The number of methoxy groups -OCH3 is 3. The molecule has 0 atom stereocenters. The Kier molecular flexibility index (Phi) is 7.56. The summed E-state index contributed by atoms with van der Waals surface area (Å²) in [6, 6.07) is 4.72. The molecule has 0 N–H and O–H groups in total. The molecule has 0 saturated heterocycles. The average molecular weight is 481 g/mol. The molecule has 3 rings (SSSR count). The molecule has 0 aliphatic carbocycles. The predicted molar refractivity (Wildman–Crippen MR) is 113 cm³/mol. The molecule has 1 aliphatic heterocycles. The third-order valence-corrected chi connectivity index (χ3v) is 5.09. The lowest BCUT2D eigenvalue weighted by Crippen LogP contribution is -2.38. The molecular weight excluding hydrogens is 460 g/mol. The van der Waals surface area contributed by atoms with Crippen LogP contribution in [0.5, 0.6) is 5.75 Å². The van der Waals surface area contributed by atoms with Gasteiger partial charge >= 0.3 is 17.9 Å². The summed E-state index contributed by atoms with van der Waals surface area (Å²) < 4.78 is 30.5. The van der Waals surface area contributed by atoms with Crippen molar-refractivity contribution in [2.75, 3.05) is 39.6 Å². The Morgan fingerprint density at radius 3 is 2.42 bits per heavy atom. The van der Waals surface area contributed by atoms with Crippen LogP contribution in [0.1, 0.15) is 21.8 Å². The lowest BCUT2D eigenvalue weighted by molar-refractivity contribution is -0.140. The molecule has 0 saturated carbocycles. The fourth-order valence-corrected chi connectivity index (χ4v) is 3.32. The van der Waals surface area contributed by atoms with Crippen molar-refractivity contribution < 1.29 is 42.6 Å². The van der Waals surface area contributed by atoms with E-state index in [1.165, 1.54) is 32.3 Å². The Labute approximate surface area is 193 Å². The molecule has 12 heteroatoms. The number of anilines is 1. The van der Waals surface area contributed by atoms with E-state index >= 15 is 0 Å². The first-order chi connectivity index (χ1) is 15.8. The van der Waals surface area contributed by atoms with Crippen LogP contribution in [0.3, 0.4) is 0 Å². The molecule has 0 fully saturated rings. The molecule has 0 bridgehead atoms. The van der Waals surface area contributed by atoms with Crippen molar-refractivity contribution in [1.82, 2.24) is 5.16 Å². The van der Waals surface area contributed by atoms with E-state index < -0.39 is 17.9 Å². The number of rotatable bonds is 7. The van der Waals surface area contributed by atoms with Crippen LogP contribution in [0.15, 0.2) is 34.0 Å². The lowest BCUT2D eigenvalue weighted by Gasteiger charge is -2.31. The number of aryl methyl sites for hydroxylation is 1. The number of carbonyl (C=O) groups is 3. The van der Waals surface area contributed by atoms with Crippen molar-refractivity contribution in [2.45, 2.75) is 13.5 Å². The number of esters is 3. The van der Waals surface area contributed by atoms with Gasteiger partial charge in [-0.3, -0.25) is 0 Å². The van der Waals surface area contributed by atoms with Crippen LogP contribution in [0.25, 0.3) is 0 Å². The maximum absolute atomic E-state index is 12.4. The van der Waals surface area contributed by atoms with Crippen LogP contribution in [0.4, 0.5) is 5.69 Å². The molecule has 1 aliphatic rings. The van der Waals surface area contributed by atoms with Gasteiger partial charge in [-0.05, 0) is 25.1 Å². The van der Waals surface area contributed by atoms with E-state index in [0.717, 1.165) is 0 Å². The second-order valence-corrected chi connectivity index (χ2v) is 7.08. The van der Waals surface area contributed by atoms with Crippen LogP contribution in [0.2, 0.25) is 5.02 Å². The highest BCUT2D eigenvalue weighted by atomic mass is 35.5. The summed E-state index contributed by atoms with van der Waals surface area (Å²) in [5.74, 6) is -1.39. The van der Waals surface area contributed by atoms with Crippen molar-refractivity contribution in [3.8, 4) is 5.75 Å². The SMILES string of the molecule is COC(=O)C1=C(C(=O)OC)N(c2ccc(OCc3c(C(=O)OC)noc3C)c(Cl)c2)COC1. The van der Waals surface area contributed by atoms with Crippen molar-refractivity contribution in [2.24, 2.45) is 0 Å². The number of benzene rings is 1. The molecule has 0 radical (unpaired) electrons. The molecule has 1 aromatic heterocycles. The summed E-state index contributed by atoms with van der Waals surface area (Å²) in [4.78, 5) is 37.8. The predicted octanol–water partition coefficient (Wildman–Crippen LogP) is 2.40. The van der Waals surface area contributed by atoms with Gasteiger partial charge in [-0.25, -0.2) is 14.4 Å². The highest BCUT2D eigenvalue weighted by Crippen LogP contribution is 2.34. The molecule has 11 nitrogen and oxygen atoms in total. The summed E-state index contributed by atoms with van der Waals surface area (Å²) in [5, 5.41) is 3.89. The minimum Gasteiger partial charge on any atom is -0.487 e. The maximum Gasteiger partial charge on any atom is 0.360 e. The van der Waals surface area contributed by atoms with Crippen LogP contribution in [-0.4, -0.2) is 57.7 Å². The second-order valence-electron chi connectivity index (χ2n) is 6.68. The van der Waals surface area contributed by atoms with Crippen LogP contribution in [-0.2, 0) is 35.1 Å². The van der Waals surface area contributed by atoms with Gasteiger partial charge in [0.1, 0.15) is 30.5 Å². The van der Waals surface area contributed by atoms with E-state index in [-0.39, 0.29) is 41.9 Å². The Bertz CT molecular complexity index is 1110. The first-order valence-electron chi connectivity index (χ1n) is 9.53. The fourth-order valence-electron chi connectivity index (χ4n) is 3.09. The number of carbonyl (C=O) groups excluding carboxylic acids is 3. The minimum atomic E-state index is -0.728. The van der Waals surface area contributed by atoms with Crippen LogP contribution >= 0.6 is 11.6 Å². The number of aromatic nitrogens is 1. The third kappa shape index (κ3) is 4.94. The molecular formula is C21H21ClN2O9. The third-order valence-electron chi connectivity index (χ3n) is 4.80.